The van der Waals surface area contributed by atoms with E-state index in [0.29, 0.717) is 0 Å². The Morgan fingerprint density at radius 2 is 1.25 bits per heavy atom. The van der Waals surface area contributed by atoms with Gasteiger partial charge in [0, 0.05) is 52.4 Å². The molecule has 0 bridgehead atoms. The summed E-state index contributed by atoms with van der Waals surface area (Å²) in [5.41, 5.74) is -0.604. The Hall–Kier alpha value is -2.30. The van der Waals surface area contributed by atoms with Gasteiger partial charge in [0.15, 0.2) is 0 Å². The lowest BCUT2D eigenvalue weighted by molar-refractivity contribution is 0.0114. The SMILES string of the molecule is O=[P+](OC(F)c1cncc(O)c1CCO)OC(F)c1cncc(O)c1CCO. The van der Waals surface area contributed by atoms with Crippen LogP contribution in [-0.4, -0.2) is 43.6 Å². The van der Waals surface area contributed by atoms with E-state index in [1.54, 1.807) is 0 Å². The number of aromatic hydroxyl groups is 2. The molecule has 2 unspecified atom stereocenters. The van der Waals surface area contributed by atoms with Crippen LogP contribution >= 0.6 is 8.25 Å². The third-order valence-corrected chi connectivity index (χ3v) is 4.42. The maximum atomic E-state index is 14.3. The van der Waals surface area contributed by atoms with E-state index in [0.717, 1.165) is 24.8 Å². The van der Waals surface area contributed by atoms with Gasteiger partial charge in [-0.25, -0.2) is 8.78 Å². The monoisotopic (exact) mass is 419 g/mol. The molecular weight excluding hydrogens is 401 g/mol. The molecule has 2 aromatic rings. The van der Waals surface area contributed by atoms with Crippen LogP contribution in [0.15, 0.2) is 24.8 Å². The quantitative estimate of drug-likeness (QED) is 0.427. The number of hydrogen-bond donors (Lipinski definition) is 4. The molecule has 0 aliphatic heterocycles. The number of nitrogens with zero attached hydrogens (tertiary/aromatic N) is 2. The summed E-state index contributed by atoms with van der Waals surface area (Å²) < 4.78 is 49.6. The molecule has 2 atom stereocenters. The van der Waals surface area contributed by atoms with E-state index in [2.05, 4.69) is 19.0 Å². The zero-order valence-corrected chi connectivity index (χ0v) is 15.3. The normalized spacial score (nSPS) is 13.9. The summed E-state index contributed by atoms with van der Waals surface area (Å²) in [6.45, 7) is -0.796. The number of alkyl halides is 2. The Morgan fingerprint density at radius 3 is 1.61 bits per heavy atom. The summed E-state index contributed by atoms with van der Waals surface area (Å²) in [5.74, 6) is -0.784. The van der Waals surface area contributed by atoms with Crippen LogP contribution in [-0.2, 0) is 26.5 Å². The molecule has 0 radical (unpaired) electrons. The average molecular weight is 419 g/mol. The topological polar surface area (TPSA) is 142 Å². The van der Waals surface area contributed by atoms with Crippen LogP contribution in [0.4, 0.5) is 8.78 Å². The van der Waals surface area contributed by atoms with E-state index in [1.807, 2.05) is 0 Å². The molecule has 0 saturated heterocycles. The Balaban J connectivity index is 2.10. The third kappa shape index (κ3) is 5.37. The van der Waals surface area contributed by atoms with Crippen LogP contribution in [0.1, 0.15) is 35.0 Å². The molecule has 4 N–H and O–H groups in total. The highest BCUT2D eigenvalue weighted by Crippen LogP contribution is 2.42. The van der Waals surface area contributed by atoms with E-state index < -0.39 is 45.7 Å². The first kappa shape index (κ1) is 22.0. The van der Waals surface area contributed by atoms with Crippen molar-refractivity contribution in [1.82, 2.24) is 9.97 Å². The fourth-order valence-electron chi connectivity index (χ4n) is 2.43. The maximum Gasteiger partial charge on any atom is 0.704 e. The summed E-state index contributed by atoms with van der Waals surface area (Å²) in [6.07, 6.45) is -0.909. The highest BCUT2D eigenvalue weighted by atomic mass is 31.1. The number of aliphatic hydroxyl groups excluding tert-OH is 2. The molecular formula is C16H18F2N2O7P+. The molecule has 0 aromatic carbocycles. The Labute approximate surface area is 159 Å². The van der Waals surface area contributed by atoms with Gasteiger partial charge in [-0.15, -0.1) is 0 Å². The van der Waals surface area contributed by atoms with Gasteiger partial charge in [0.1, 0.15) is 11.5 Å². The summed E-state index contributed by atoms with van der Waals surface area (Å²) >= 11 is 0. The number of rotatable bonds is 10. The van der Waals surface area contributed by atoms with Gasteiger partial charge in [-0.05, 0) is 12.8 Å². The predicted molar refractivity (Wildman–Crippen MR) is 90.9 cm³/mol. The molecule has 2 heterocycles. The van der Waals surface area contributed by atoms with Crippen LogP contribution in [0, 0.1) is 0 Å². The molecule has 12 heteroatoms. The molecule has 0 spiro atoms. The first-order valence-corrected chi connectivity index (χ1v) is 9.10. The van der Waals surface area contributed by atoms with Crippen LogP contribution in [0.5, 0.6) is 11.5 Å². The van der Waals surface area contributed by atoms with Crippen LogP contribution < -0.4 is 0 Å². The number of pyridine rings is 2. The van der Waals surface area contributed by atoms with Gasteiger partial charge >= 0.3 is 8.25 Å². The minimum absolute atomic E-state index is 0.00684. The predicted octanol–water partition coefficient (Wildman–Crippen LogP) is 2.28. The molecule has 9 nitrogen and oxygen atoms in total. The Bertz CT molecular complexity index is 762. The summed E-state index contributed by atoms with van der Waals surface area (Å²) in [6, 6.07) is 0. The van der Waals surface area contributed by atoms with E-state index in [4.69, 9.17) is 10.2 Å². The van der Waals surface area contributed by atoms with Crippen molar-refractivity contribution in [3.05, 3.63) is 47.0 Å². The zero-order valence-electron chi connectivity index (χ0n) is 14.4. The minimum atomic E-state index is -3.31. The molecule has 0 fully saturated rings. The Kier molecular flexibility index (Phi) is 8.09. The van der Waals surface area contributed by atoms with Crippen molar-refractivity contribution in [2.75, 3.05) is 13.2 Å². The minimum Gasteiger partial charge on any atom is -0.506 e. The fourth-order valence-corrected chi connectivity index (χ4v) is 3.01. The molecule has 0 aliphatic carbocycles. The van der Waals surface area contributed by atoms with Crippen molar-refractivity contribution < 1.29 is 42.8 Å². The van der Waals surface area contributed by atoms with Gasteiger partial charge < -0.3 is 20.4 Å². The van der Waals surface area contributed by atoms with Crippen molar-refractivity contribution in [2.45, 2.75) is 25.6 Å². The van der Waals surface area contributed by atoms with E-state index in [9.17, 15) is 23.6 Å². The lowest BCUT2D eigenvalue weighted by atomic mass is 10.1. The number of halogens is 2. The van der Waals surface area contributed by atoms with Crippen molar-refractivity contribution >= 4 is 8.25 Å². The molecule has 0 aliphatic rings. The van der Waals surface area contributed by atoms with Crippen LogP contribution in [0.25, 0.3) is 0 Å². The first-order valence-electron chi connectivity index (χ1n) is 8.01. The third-order valence-electron chi connectivity index (χ3n) is 3.71. The van der Waals surface area contributed by atoms with Crippen molar-refractivity contribution in [1.29, 1.82) is 0 Å². The lowest BCUT2D eigenvalue weighted by Gasteiger charge is -2.11. The molecule has 0 saturated carbocycles. The zero-order chi connectivity index (χ0) is 20.7. The highest BCUT2D eigenvalue weighted by Gasteiger charge is 2.36. The largest absolute Gasteiger partial charge is 0.704 e. The van der Waals surface area contributed by atoms with Crippen molar-refractivity contribution in [3.63, 3.8) is 0 Å². The summed E-state index contributed by atoms with van der Waals surface area (Å²) in [7, 11) is -3.31. The van der Waals surface area contributed by atoms with E-state index >= 15 is 0 Å². The first-order chi connectivity index (χ1) is 13.4. The standard InChI is InChI=1S/C16H17F2N2O7P/c17-15(11-5-19-7-13(23)9(11)1-3-21)26-28(25)27-16(18)12-6-20-8-14(24)10(12)2-4-22/h5-8,15-16,21-22H,1-4H2,(H-,23,24)/p+1. The van der Waals surface area contributed by atoms with Gasteiger partial charge in [-0.2, -0.15) is 0 Å². The number of aromatic nitrogens is 2. The smallest absolute Gasteiger partial charge is 0.506 e. The van der Waals surface area contributed by atoms with Gasteiger partial charge in [0.05, 0.1) is 12.4 Å². The Morgan fingerprint density at radius 1 is 0.857 bits per heavy atom. The second-order valence-corrected chi connectivity index (χ2v) is 6.34. The molecule has 28 heavy (non-hydrogen) atoms. The highest BCUT2D eigenvalue weighted by molar-refractivity contribution is 7.33. The molecule has 152 valence electrons. The van der Waals surface area contributed by atoms with Crippen LogP contribution in [0.3, 0.4) is 0 Å². The van der Waals surface area contributed by atoms with Crippen LogP contribution in [0.2, 0.25) is 0 Å². The van der Waals surface area contributed by atoms with Gasteiger partial charge in [0.2, 0.25) is 0 Å². The fraction of sp³-hybridized carbons (Fsp3) is 0.375. The maximum absolute atomic E-state index is 14.3. The molecule has 2 rings (SSSR count). The van der Waals surface area contributed by atoms with Gasteiger partial charge in [-0.3, -0.25) is 9.97 Å². The number of aliphatic hydroxyl groups is 2. The lowest BCUT2D eigenvalue weighted by Crippen LogP contribution is -2.05. The molecule has 0 amide bonds. The average Bonchev–Trinajstić information content (AvgIpc) is 2.65. The second-order valence-electron chi connectivity index (χ2n) is 5.47. The number of hydrogen-bond acceptors (Lipinski definition) is 9. The second kappa shape index (κ2) is 10.3. The van der Waals surface area contributed by atoms with Crippen molar-refractivity contribution in [3.8, 4) is 11.5 Å². The van der Waals surface area contributed by atoms with Gasteiger partial charge in [0.25, 0.3) is 12.7 Å². The van der Waals surface area contributed by atoms with E-state index in [1.165, 1.54) is 0 Å². The summed E-state index contributed by atoms with van der Waals surface area (Å²) in [4.78, 5) is 7.17. The van der Waals surface area contributed by atoms with Gasteiger partial charge in [-0.1, -0.05) is 9.05 Å². The summed E-state index contributed by atoms with van der Waals surface area (Å²) in [5, 5.41) is 37.4. The van der Waals surface area contributed by atoms with Crippen molar-refractivity contribution in [2.24, 2.45) is 0 Å². The molecule has 2 aromatic heterocycles. The van der Waals surface area contributed by atoms with E-state index in [-0.39, 0.29) is 35.1 Å².